The van der Waals surface area contributed by atoms with Crippen molar-refractivity contribution in [2.45, 2.75) is 32.1 Å². The molecule has 0 radical (unpaired) electrons. The zero-order chi connectivity index (χ0) is 22.4. The van der Waals surface area contributed by atoms with Gasteiger partial charge in [-0.2, -0.15) is 0 Å². The smallest absolute Gasteiger partial charge is 0.280 e. The number of nitrogens with zero attached hydrogens (tertiary/aromatic N) is 6. The molecular formula is C19H24N8O2S2. The molecule has 0 saturated carbocycles. The summed E-state index contributed by atoms with van der Waals surface area (Å²) in [6, 6.07) is 0. The molecule has 31 heavy (non-hydrogen) atoms. The molecule has 4 aromatic rings. The van der Waals surface area contributed by atoms with Crippen LogP contribution in [0.2, 0.25) is 0 Å². The fourth-order valence-corrected chi connectivity index (χ4v) is 4.08. The monoisotopic (exact) mass is 460 g/mol. The molecule has 0 aliphatic heterocycles. The Hall–Kier alpha value is -2.86. The van der Waals surface area contributed by atoms with Gasteiger partial charge in [-0.15, -0.1) is 0 Å². The van der Waals surface area contributed by atoms with Gasteiger partial charge in [0, 0.05) is 41.0 Å². The molecule has 10 nitrogen and oxygen atoms in total. The van der Waals surface area contributed by atoms with E-state index in [-0.39, 0.29) is 11.1 Å². The van der Waals surface area contributed by atoms with E-state index in [1.54, 1.807) is 23.2 Å². The number of nitrogens with one attached hydrogen (secondary N) is 2. The minimum absolute atomic E-state index is 0.164. The van der Waals surface area contributed by atoms with Gasteiger partial charge in [-0.3, -0.25) is 18.7 Å². The average Bonchev–Trinajstić information content (AvgIpc) is 3.38. The Balaban J connectivity index is 1.41. The van der Waals surface area contributed by atoms with Crippen LogP contribution < -0.4 is 11.1 Å². The molecule has 164 valence electrons. The lowest BCUT2D eigenvalue weighted by Crippen LogP contribution is -2.21. The van der Waals surface area contributed by atoms with Gasteiger partial charge in [-0.05, 0) is 37.3 Å². The van der Waals surface area contributed by atoms with Crippen LogP contribution in [0.5, 0.6) is 0 Å². The molecule has 4 heterocycles. The van der Waals surface area contributed by atoms with Crippen LogP contribution in [0.15, 0.2) is 9.59 Å². The van der Waals surface area contributed by atoms with Gasteiger partial charge in [0.15, 0.2) is 20.8 Å². The zero-order valence-corrected chi connectivity index (χ0v) is 19.5. The van der Waals surface area contributed by atoms with E-state index in [2.05, 4.69) is 19.9 Å². The summed E-state index contributed by atoms with van der Waals surface area (Å²) in [5.74, 6) is 1.56. The topological polar surface area (TPSA) is 111 Å². The van der Waals surface area contributed by atoms with Crippen LogP contribution in [0, 0.1) is 9.54 Å². The van der Waals surface area contributed by atoms with E-state index in [1.165, 1.54) is 9.13 Å². The van der Waals surface area contributed by atoms with Gasteiger partial charge >= 0.3 is 0 Å². The molecule has 0 atom stereocenters. The first-order chi connectivity index (χ1) is 14.7. The number of hydrogen-bond donors (Lipinski definition) is 2. The first kappa shape index (κ1) is 21.4. The standard InChI is InChI=1S/C19H24N8O2S2/c1-24-14-12(16(28)26(3)18(24)30)20-10(22-14)8-6-5-7-9-11-21-13-15(23-11)25(2)19(31)27(4)17(13)29/h5-9H2,1-4H3,(H,20,22)(H,21,23). The van der Waals surface area contributed by atoms with Crippen LogP contribution in [-0.4, -0.2) is 38.2 Å². The first-order valence-corrected chi connectivity index (χ1v) is 10.8. The first-order valence-electron chi connectivity index (χ1n) is 10.00. The Labute approximate surface area is 187 Å². The van der Waals surface area contributed by atoms with Crippen molar-refractivity contribution in [1.82, 2.24) is 38.2 Å². The molecule has 0 saturated heterocycles. The third-order valence-corrected chi connectivity index (χ3v) is 6.71. The summed E-state index contributed by atoms with van der Waals surface area (Å²) in [4.78, 5) is 40.2. The Morgan fingerprint density at radius 2 is 1.06 bits per heavy atom. The van der Waals surface area contributed by atoms with Gasteiger partial charge in [0.05, 0.1) is 0 Å². The van der Waals surface area contributed by atoms with E-state index < -0.39 is 0 Å². The van der Waals surface area contributed by atoms with E-state index in [0.717, 1.165) is 43.8 Å². The summed E-state index contributed by atoms with van der Waals surface area (Å²) in [5, 5.41) is 0. The van der Waals surface area contributed by atoms with Crippen molar-refractivity contribution in [3.05, 3.63) is 41.9 Å². The van der Waals surface area contributed by atoms with Crippen molar-refractivity contribution in [3.63, 3.8) is 0 Å². The number of aromatic amines is 2. The van der Waals surface area contributed by atoms with Gasteiger partial charge in [0.1, 0.15) is 22.7 Å². The van der Waals surface area contributed by atoms with E-state index in [0.29, 0.717) is 31.9 Å². The van der Waals surface area contributed by atoms with E-state index in [4.69, 9.17) is 24.4 Å². The predicted octanol–water partition coefficient (Wildman–Crippen LogP) is 1.93. The SMILES string of the molecule is Cn1c(=O)c2[nH]c(CCCCCc3nc4c([nH]3)c(=O)n(C)c(=S)n4C)nc2n(C)c1=S. The van der Waals surface area contributed by atoms with Gasteiger partial charge in [-0.25, -0.2) is 9.97 Å². The maximum absolute atomic E-state index is 12.4. The van der Waals surface area contributed by atoms with E-state index in [9.17, 15) is 9.59 Å². The summed E-state index contributed by atoms with van der Waals surface area (Å²) in [6.07, 6.45) is 4.26. The fourth-order valence-electron chi connectivity index (χ4n) is 3.75. The Morgan fingerprint density at radius 1 is 0.677 bits per heavy atom. The fraction of sp³-hybridized carbons (Fsp3) is 0.474. The second-order valence-electron chi connectivity index (χ2n) is 7.74. The molecule has 4 rings (SSSR count). The molecule has 0 aliphatic rings. The highest BCUT2D eigenvalue weighted by atomic mass is 32.1. The van der Waals surface area contributed by atoms with E-state index >= 15 is 0 Å². The van der Waals surface area contributed by atoms with Crippen LogP contribution >= 0.6 is 24.4 Å². The highest BCUT2D eigenvalue weighted by molar-refractivity contribution is 7.71. The van der Waals surface area contributed by atoms with Gasteiger partial charge in [-0.1, -0.05) is 6.42 Å². The molecular weight excluding hydrogens is 436 g/mol. The van der Waals surface area contributed by atoms with Crippen LogP contribution in [0.1, 0.15) is 30.9 Å². The zero-order valence-electron chi connectivity index (χ0n) is 17.9. The molecule has 4 aromatic heterocycles. The van der Waals surface area contributed by atoms with Crippen molar-refractivity contribution in [2.75, 3.05) is 0 Å². The number of fused-ring (bicyclic) bond motifs is 2. The largest absolute Gasteiger partial charge is 0.336 e. The third kappa shape index (κ3) is 3.59. The summed E-state index contributed by atoms with van der Waals surface area (Å²) in [6.45, 7) is 0. The number of rotatable bonds is 6. The van der Waals surface area contributed by atoms with Crippen LogP contribution in [0.25, 0.3) is 22.3 Å². The lowest BCUT2D eigenvalue weighted by atomic mass is 10.1. The maximum atomic E-state index is 12.4. The van der Waals surface area contributed by atoms with Crippen molar-refractivity contribution in [2.24, 2.45) is 28.2 Å². The summed E-state index contributed by atoms with van der Waals surface area (Å²) in [5.41, 5.74) is 1.80. The molecule has 0 bridgehead atoms. The molecule has 0 spiro atoms. The Kier molecular flexibility index (Phi) is 5.52. The number of imidazole rings is 2. The van der Waals surface area contributed by atoms with Crippen LogP contribution in [0.4, 0.5) is 0 Å². The lowest BCUT2D eigenvalue weighted by molar-refractivity contribution is 0.655. The number of aryl methyl sites for hydroxylation is 4. The Bertz CT molecular complexity index is 1430. The summed E-state index contributed by atoms with van der Waals surface area (Å²) < 4.78 is 7.24. The highest BCUT2D eigenvalue weighted by Crippen LogP contribution is 2.13. The van der Waals surface area contributed by atoms with Gasteiger partial charge < -0.3 is 19.1 Å². The van der Waals surface area contributed by atoms with Crippen molar-refractivity contribution in [1.29, 1.82) is 0 Å². The minimum Gasteiger partial charge on any atom is -0.336 e. The number of hydrogen-bond acceptors (Lipinski definition) is 6. The van der Waals surface area contributed by atoms with Crippen LogP contribution in [0.3, 0.4) is 0 Å². The molecule has 0 amide bonds. The Morgan fingerprint density at radius 3 is 1.45 bits per heavy atom. The maximum Gasteiger partial charge on any atom is 0.280 e. The predicted molar refractivity (Wildman–Crippen MR) is 124 cm³/mol. The third-order valence-electron chi connectivity index (χ3n) is 5.61. The normalized spacial score (nSPS) is 11.7. The minimum atomic E-state index is -0.164. The molecule has 12 heteroatoms. The molecule has 2 N–H and O–H groups in total. The highest BCUT2D eigenvalue weighted by Gasteiger charge is 2.13. The van der Waals surface area contributed by atoms with Crippen molar-refractivity contribution in [3.8, 4) is 0 Å². The second-order valence-corrected chi connectivity index (χ2v) is 8.47. The molecule has 0 aliphatic carbocycles. The van der Waals surface area contributed by atoms with Crippen molar-refractivity contribution < 1.29 is 0 Å². The second kappa shape index (κ2) is 8.00. The molecule has 0 aromatic carbocycles. The van der Waals surface area contributed by atoms with E-state index in [1.807, 2.05) is 14.1 Å². The van der Waals surface area contributed by atoms with Gasteiger partial charge in [0.25, 0.3) is 11.1 Å². The lowest BCUT2D eigenvalue weighted by Gasteiger charge is -2.03. The molecule has 0 fully saturated rings. The van der Waals surface area contributed by atoms with Crippen LogP contribution in [-0.2, 0) is 41.0 Å². The summed E-state index contributed by atoms with van der Waals surface area (Å²) in [7, 11) is 6.94. The number of aromatic nitrogens is 8. The number of H-pyrrole nitrogens is 2. The molecule has 0 unspecified atom stereocenters. The quantitative estimate of drug-likeness (QED) is 0.336. The average molecular weight is 461 g/mol. The van der Waals surface area contributed by atoms with Crippen molar-refractivity contribution >= 4 is 46.8 Å². The van der Waals surface area contributed by atoms with Gasteiger partial charge in [0.2, 0.25) is 0 Å². The summed E-state index contributed by atoms with van der Waals surface area (Å²) >= 11 is 10.6. The number of unbranched alkanes of at least 4 members (excludes halogenated alkanes) is 2.